The fourth-order valence-corrected chi connectivity index (χ4v) is 4.58. The molecule has 1 aliphatic carbocycles. The highest BCUT2D eigenvalue weighted by Crippen LogP contribution is 2.26. The van der Waals surface area contributed by atoms with Crippen molar-refractivity contribution in [3.8, 4) is 0 Å². The van der Waals surface area contributed by atoms with Gasteiger partial charge in [0.25, 0.3) is 11.6 Å². The number of benzene rings is 2. The largest absolute Gasteiger partial charge is 0.345 e. The quantitative estimate of drug-likeness (QED) is 0.354. The molecule has 0 N–H and O–H groups in total. The Balaban J connectivity index is 1.58. The highest BCUT2D eigenvalue weighted by molar-refractivity contribution is 5.94. The number of non-ortho nitro benzene ring substituents is 1. The molecular weight excluding hydrogens is 402 g/mol. The number of nitrogens with zero attached hydrogens (tertiary/aromatic N) is 3. The van der Waals surface area contributed by atoms with E-state index in [1.807, 2.05) is 11.0 Å². The number of aromatic nitrogens is 1. The summed E-state index contributed by atoms with van der Waals surface area (Å²) in [6.45, 7) is 3.38. The van der Waals surface area contributed by atoms with Crippen LogP contribution in [0.3, 0.4) is 0 Å². The molecule has 1 heterocycles. The van der Waals surface area contributed by atoms with Crippen molar-refractivity contribution in [2.24, 2.45) is 0 Å². The molecule has 1 amide bonds. The minimum absolute atomic E-state index is 0.00204. The number of nitro benzene ring substituents is 1. The monoisotopic (exact) mass is 431 g/mol. The van der Waals surface area contributed by atoms with Crippen LogP contribution in [-0.2, 0) is 13.1 Å². The number of nitro groups is 1. The van der Waals surface area contributed by atoms with Gasteiger partial charge in [-0.05, 0) is 49.6 Å². The van der Waals surface area contributed by atoms with Crippen LogP contribution in [-0.4, -0.2) is 26.3 Å². The maximum absolute atomic E-state index is 13.5. The summed E-state index contributed by atoms with van der Waals surface area (Å²) in [5.41, 5.74) is 4.05. The van der Waals surface area contributed by atoms with E-state index in [0.717, 1.165) is 37.9 Å². The first-order valence-electron chi connectivity index (χ1n) is 11.3. The molecule has 0 unspecified atom stereocenters. The van der Waals surface area contributed by atoms with Gasteiger partial charge in [0, 0.05) is 42.2 Å². The van der Waals surface area contributed by atoms with E-state index in [-0.39, 0.29) is 17.6 Å². The summed E-state index contributed by atoms with van der Waals surface area (Å²) in [5, 5.41) is 11.0. The molecule has 0 atom stereocenters. The fraction of sp³-hybridized carbons (Fsp3) is 0.346. The lowest BCUT2D eigenvalue weighted by Gasteiger charge is -2.35. The maximum Gasteiger partial charge on any atom is 0.269 e. The molecule has 3 aromatic rings. The molecule has 0 aliphatic heterocycles. The van der Waals surface area contributed by atoms with E-state index >= 15 is 0 Å². The van der Waals surface area contributed by atoms with Crippen molar-refractivity contribution in [1.29, 1.82) is 0 Å². The first-order valence-corrected chi connectivity index (χ1v) is 11.3. The predicted octanol–water partition coefficient (Wildman–Crippen LogP) is 5.73. The number of aryl methyl sites for hydroxylation is 1. The average Bonchev–Trinajstić information content (AvgIpc) is 3.24. The Hall–Kier alpha value is -3.41. The summed E-state index contributed by atoms with van der Waals surface area (Å²) in [6.07, 6.45) is 7.51. The molecule has 1 aliphatic rings. The minimum atomic E-state index is -0.439. The summed E-state index contributed by atoms with van der Waals surface area (Å²) >= 11 is 0. The molecule has 6 heteroatoms. The summed E-state index contributed by atoms with van der Waals surface area (Å²) < 4.78 is 2.20. The molecule has 1 fully saturated rings. The van der Waals surface area contributed by atoms with Gasteiger partial charge in [0.15, 0.2) is 0 Å². The van der Waals surface area contributed by atoms with E-state index in [2.05, 4.69) is 48.0 Å². The van der Waals surface area contributed by atoms with Crippen LogP contribution in [0, 0.1) is 17.0 Å². The molecule has 1 saturated carbocycles. The number of hydrogen-bond donors (Lipinski definition) is 0. The molecule has 1 aromatic heterocycles. The second-order valence-electron chi connectivity index (χ2n) is 8.65. The van der Waals surface area contributed by atoms with Crippen molar-refractivity contribution in [1.82, 2.24) is 9.47 Å². The second kappa shape index (κ2) is 9.81. The molecule has 6 nitrogen and oxygen atoms in total. The standard InChI is InChI=1S/C26H29N3O3/c1-20-7-5-8-21(17-20)18-27-16-6-11-25(27)19-28(23-9-3-2-4-10-23)26(30)22-12-14-24(15-13-22)29(31)32/h5-8,11-17,23H,2-4,9-10,18-19H2,1H3. The summed E-state index contributed by atoms with van der Waals surface area (Å²) in [5.74, 6) is -0.0601. The Morgan fingerprint density at radius 1 is 1.06 bits per heavy atom. The minimum Gasteiger partial charge on any atom is -0.345 e. The zero-order valence-corrected chi connectivity index (χ0v) is 18.4. The van der Waals surface area contributed by atoms with Gasteiger partial charge in [0.2, 0.25) is 0 Å². The maximum atomic E-state index is 13.5. The number of carbonyl (C=O) groups excluding carboxylic acids is 1. The molecular formula is C26H29N3O3. The van der Waals surface area contributed by atoms with Crippen LogP contribution in [0.4, 0.5) is 5.69 Å². The van der Waals surface area contributed by atoms with Crippen molar-refractivity contribution in [3.63, 3.8) is 0 Å². The van der Waals surface area contributed by atoms with Crippen LogP contribution < -0.4 is 0 Å². The Kier molecular flexibility index (Phi) is 6.69. The van der Waals surface area contributed by atoms with E-state index in [9.17, 15) is 14.9 Å². The lowest BCUT2D eigenvalue weighted by Crippen LogP contribution is -2.41. The summed E-state index contributed by atoms with van der Waals surface area (Å²) in [6, 6.07) is 18.7. The van der Waals surface area contributed by atoms with Gasteiger partial charge in [-0.2, -0.15) is 0 Å². The van der Waals surface area contributed by atoms with Gasteiger partial charge >= 0.3 is 0 Å². The molecule has 2 aromatic carbocycles. The number of hydrogen-bond acceptors (Lipinski definition) is 3. The Labute approximate surface area is 188 Å². The van der Waals surface area contributed by atoms with Crippen LogP contribution in [0.5, 0.6) is 0 Å². The molecule has 0 bridgehead atoms. The predicted molar refractivity (Wildman–Crippen MR) is 125 cm³/mol. The third kappa shape index (κ3) is 5.07. The number of amides is 1. The van der Waals surface area contributed by atoms with Gasteiger partial charge < -0.3 is 9.47 Å². The smallest absolute Gasteiger partial charge is 0.269 e. The molecule has 0 radical (unpaired) electrons. The third-order valence-corrected chi connectivity index (χ3v) is 6.29. The first kappa shape index (κ1) is 21.8. The van der Waals surface area contributed by atoms with Gasteiger partial charge in [-0.1, -0.05) is 49.1 Å². The van der Waals surface area contributed by atoms with Gasteiger partial charge in [0.05, 0.1) is 11.5 Å². The van der Waals surface area contributed by atoms with Gasteiger partial charge in [-0.25, -0.2) is 0 Å². The molecule has 32 heavy (non-hydrogen) atoms. The topological polar surface area (TPSA) is 68.4 Å². The van der Waals surface area contributed by atoms with Crippen LogP contribution in [0.25, 0.3) is 0 Å². The Morgan fingerprint density at radius 3 is 2.50 bits per heavy atom. The van der Waals surface area contributed by atoms with Crippen LogP contribution in [0.2, 0.25) is 0 Å². The van der Waals surface area contributed by atoms with E-state index in [0.29, 0.717) is 12.1 Å². The fourth-order valence-electron chi connectivity index (χ4n) is 4.58. The van der Waals surface area contributed by atoms with E-state index in [1.165, 1.54) is 29.7 Å². The summed E-state index contributed by atoms with van der Waals surface area (Å²) in [7, 11) is 0. The normalized spacial score (nSPS) is 14.3. The van der Waals surface area contributed by atoms with Crippen LogP contribution in [0.15, 0.2) is 66.9 Å². The zero-order chi connectivity index (χ0) is 22.5. The lowest BCUT2D eigenvalue weighted by molar-refractivity contribution is -0.384. The van der Waals surface area contributed by atoms with Crippen LogP contribution in [0.1, 0.15) is 59.3 Å². The Morgan fingerprint density at radius 2 is 1.81 bits per heavy atom. The van der Waals surface area contributed by atoms with Crippen molar-refractivity contribution >= 4 is 11.6 Å². The molecule has 0 spiro atoms. The van der Waals surface area contributed by atoms with Crippen molar-refractivity contribution in [2.45, 2.75) is 58.2 Å². The molecule has 0 saturated heterocycles. The SMILES string of the molecule is Cc1cccc(Cn2cccc2CN(C(=O)c2ccc([N+](=O)[O-])cc2)C2CCCCC2)c1. The number of carbonyl (C=O) groups is 1. The highest BCUT2D eigenvalue weighted by atomic mass is 16.6. The van der Waals surface area contributed by atoms with Crippen molar-refractivity contribution in [3.05, 3.63) is 99.4 Å². The van der Waals surface area contributed by atoms with E-state index < -0.39 is 4.92 Å². The number of rotatable bonds is 7. The van der Waals surface area contributed by atoms with E-state index in [4.69, 9.17) is 0 Å². The third-order valence-electron chi connectivity index (χ3n) is 6.29. The van der Waals surface area contributed by atoms with Gasteiger partial charge in [-0.3, -0.25) is 14.9 Å². The van der Waals surface area contributed by atoms with Gasteiger partial charge in [0.1, 0.15) is 0 Å². The lowest BCUT2D eigenvalue weighted by atomic mass is 9.93. The average molecular weight is 432 g/mol. The first-order chi connectivity index (χ1) is 15.5. The van der Waals surface area contributed by atoms with Crippen molar-refractivity contribution < 1.29 is 9.72 Å². The van der Waals surface area contributed by atoms with Crippen molar-refractivity contribution in [2.75, 3.05) is 0 Å². The molecule has 4 rings (SSSR count). The zero-order valence-electron chi connectivity index (χ0n) is 18.4. The molecule has 166 valence electrons. The Bertz CT molecular complexity index is 1080. The second-order valence-corrected chi connectivity index (χ2v) is 8.65. The van der Waals surface area contributed by atoms with Crippen LogP contribution >= 0.6 is 0 Å². The van der Waals surface area contributed by atoms with Gasteiger partial charge in [-0.15, -0.1) is 0 Å². The van der Waals surface area contributed by atoms with E-state index in [1.54, 1.807) is 12.1 Å². The highest BCUT2D eigenvalue weighted by Gasteiger charge is 2.27. The summed E-state index contributed by atoms with van der Waals surface area (Å²) in [4.78, 5) is 26.0.